The lowest BCUT2D eigenvalue weighted by Gasteiger charge is -2.28. The molecule has 1 aromatic carbocycles. The van der Waals surface area contributed by atoms with Crippen LogP contribution in [0.4, 0.5) is 4.79 Å². The van der Waals surface area contributed by atoms with Crippen molar-refractivity contribution in [3.8, 4) is 0 Å². The lowest BCUT2D eigenvalue weighted by Crippen LogP contribution is -2.39. The van der Waals surface area contributed by atoms with E-state index in [1.165, 1.54) is 18.4 Å². The normalized spacial score (nSPS) is 18.5. The van der Waals surface area contributed by atoms with Crippen LogP contribution in [0.1, 0.15) is 58.4 Å². The summed E-state index contributed by atoms with van der Waals surface area (Å²) < 4.78 is 5.51. The summed E-state index contributed by atoms with van der Waals surface area (Å²) in [5, 5.41) is 0. The van der Waals surface area contributed by atoms with Crippen LogP contribution in [0.2, 0.25) is 0 Å². The van der Waals surface area contributed by atoms with Crippen LogP contribution in [-0.4, -0.2) is 29.2 Å². The maximum absolute atomic E-state index is 12.2. The van der Waals surface area contributed by atoms with Gasteiger partial charge in [0.05, 0.1) is 0 Å². The number of aryl methyl sites for hydroxylation is 1. The monoisotopic (exact) mass is 303 g/mol. The van der Waals surface area contributed by atoms with E-state index in [4.69, 9.17) is 4.74 Å². The highest BCUT2D eigenvalue weighted by Gasteiger charge is 2.31. The van der Waals surface area contributed by atoms with Crippen LogP contribution in [0.25, 0.3) is 0 Å². The fourth-order valence-electron chi connectivity index (χ4n) is 3.05. The van der Waals surface area contributed by atoms with Gasteiger partial charge in [0.1, 0.15) is 5.60 Å². The van der Waals surface area contributed by atoms with Gasteiger partial charge in [0.15, 0.2) is 0 Å². The molecule has 1 heterocycles. The van der Waals surface area contributed by atoms with Crippen molar-refractivity contribution in [2.75, 3.05) is 6.54 Å². The van der Waals surface area contributed by atoms with Crippen molar-refractivity contribution in [1.29, 1.82) is 0 Å². The summed E-state index contributed by atoms with van der Waals surface area (Å²) in [5.74, 6) is 0. The summed E-state index contributed by atoms with van der Waals surface area (Å²) >= 11 is 0. The molecule has 3 nitrogen and oxygen atoms in total. The van der Waals surface area contributed by atoms with E-state index in [0.717, 1.165) is 32.2 Å². The largest absolute Gasteiger partial charge is 0.444 e. The first-order valence-corrected chi connectivity index (χ1v) is 8.49. The number of hydrogen-bond acceptors (Lipinski definition) is 2. The van der Waals surface area contributed by atoms with Crippen molar-refractivity contribution in [2.45, 2.75) is 70.9 Å². The summed E-state index contributed by atoms with van der Waals surface area (Å²) in [4.78, 5) is 14.2. The molecule has 0 N–H and O–H groups in total. The summed E-state index contributed by atoms with van der Waals surface area (Å²) in [5.41, 5.74) is 0.996. The van der Waals surface area contributed by atoms with Crippen molar-refractivity contribution >= 4 is 6.09 Å². The summed E-state index contributed by atoms with van der Waals surface area (Å²) in [6, 6.07) is 11.0. The number of rotatable bonds is 5. The zero-order chi connectivity index (χ0) is 16.0. The third-order valence-corrected chi connectivity index (χ3v) is 4.10. The van der Waals surface area contributed by atoms with Gasteiger partial charge in [-0.05, 0) is 58.4 Å². The Labute approximate surface area is 134 Å². The maximum atomic E-state index is 12.2. The van der Waals surface area contributed by atoms with Crippen LogP contribution in [0.5, 0.6) is 0 Å². The van der Waals surface area contributed by atoms with Crippen molar-refractivity contribution in [3.63, 3.8) is 0 Å². The molecule has 0 spiro atoms. The number of likely N-dealkylation sites (tertiary alicyclic amines) is 1. The number of amides is 1. The van der Waals surface area contributed by atoms with Crippen LogP contribution in [-0.2, 0) is 11.2 Å². The predicted octanol–water partition coefficient (Wildman–Crippen LogP) is 4.80. The summed E-state index contributed by atoms with van der Waals surface area (Å²) in [7, 11) is 0. The molecule has 1 saturated heterocycles. The third kappa shape index (κ3) is 5.36. The Morgan fingerprint density at radius 1 is 1.23 bits per heavy atom. The number of unbranched alkanes of at least 4 members (excludes halogenated alkanes) is 1. The Bertz CT molecular complexity index is 464. The molecule has 2 rings (SSSR count). The fourth-order valence-corrected chi connectivity index (χ4v) is 3.05. The molecule has 1 aliphatic rings. The van der Waals surface area contributed by atoms with Crippen LogP contribution >= 0.6 is 0 Å². The van der Waals surface area contributed by atoms with E-state index in [-0.39, 0.29) is 6.09 Å². The van der Waals surface area contributed by atoms with E-state index in [9.17, 15) is 4.79 Å². The van der Waals surface area contributed by atoms with Gasteiger partial charge in [-0.25, -0.2) is 4.79 Å². The molecule has 0 unspecified atom stereocenters. The number of carbonyl (C=O) groups excluding carboxylic acids is 1. The molecule has 0 bridgehead atoms. The average molecular weight is 303 g/mol. The zero-order valence-corrected chi connectivity index (χ0v) is 14.2. The molecular formula is C19H29NO2. The lowest BCUT2D eigenvalue weighted by molar-refractivity contribution is 0.0219. The minimum atomic E-state index is -0.405. The molecule has 0 aliphatic carbocycles. The Hall–Kier alpha value is -1.51. The molecule has 1 amide bonds. The quantitative estimate of drug-likeness (QED) is 0.731. The van der Waals surface area contributed by atoms with Crippen molar-refractivity contribution in [3.05, 3.63) is 35.9 Å². The SMILES string of the molecule is CC(C)(C)OC(=O)N1CCC[C@H]1CCCCc1ccccc1. The maximum Gasteiger partial charge on any atom is 0.410 e. The van der Waals surface area contributed by atoms with Gasteiger partial charge in [0, 0.05) is 12.6 Å². The van der Waals surface area contributed by atoms with Crippen molar-refractivity contribution in [2.24, 2.45) is 0 Å². The van der Waals surface area contributed by atoms with E-state index in [2.05, 4.69) is 30.3 Å². The molecular weight excluding hydrogens is 274 g/mol. The van der Waals surface area contributed by atoms with E-state index < -0.39 is 5.60 Å². The van der Waals surface area contributed by atoms with E-state index in [0.29, 0.717) is 6.04 Å². The fraction of sp³-hybridized carbons (Fsp3) is 0.632. The standard InChI is InChI=1S/C19H29NO2/c1-19(2,3)22-18(21)20-15-9-14-17(20)13-8-7-12-16-10-5-4-6-11-16/h4-6,10-11,17H,7-9,12-15H2,1-3H3/t17-/m1/s1. The number of nitrogens with zero attached hydrogens (tertiary/aromatic N) is 1. The first-order chi connectivity index (χ1) is 10.5. The Balaban J connectivity index is 1.73. The molecule has 0 aromatic heterocycles. The molecule has 1 aromatic rings. The number of carbonyl (C=O) groups is 1. The zero-order valence-electron chi connectivity index (χ0n) is 14.2. The van der Waals surface area contributed by atoms with E-state index in [1.54, 1.807) is 0 Å². The topological polar surface area (TPSA) is 29.5 Å². The molecule has 122 valence electrons. The second-order valence-corrected chi connectivity index (χ2v) is 7.20. The van der Waals surface area contributed by atoms with E-state index in [1.807, 2.05) is 25.7 Å². The van der Waals surface area contributed by atoms with Crippen molar-refractivity contribution in [1.82, 2.24) is 4.90 Å². The third-order valence-electron chi connectivity index (χ3n) is 4.10. The van der Waals surface area contributed by atoms with E-state index >= 15 is 0 Å². The van der Waals surface area contributed by atoms with Crippen molar-refractivity contribution < 1.29 is 9.53 Å². The van der Waals surface area contributed by atoms with Gasteiger partial charge in [-0.1, -0.05) is 36.8 Å². The van der Waals surface area contributed by atoms with Gasteiger partial charge >= 0.3 is 6.09 Å². The molecule has 22 heavy (non-hydrogen) atoms. The first kappa shape index (κ1) is 16.9. The Kier molecular flexibility index (Phi) is 5.87. The van der Waals surface area contributed by atoms with Crippen LogP contribution in [0.3, 0.4) is 0 Å². The second-order valence-electron chi connectivity index (χ2n) is 7.20. The number of ether oxygens (including phenoxy) is 1. The Morgan fingerprint density at radius 2 is 1.95 bits per heavy atom. The predicted molar refractivity (Wildman–Crippen MR) is 90.0 cm³/mol. The molecule has 0 radical (unpaired) electrons. The molecule has 0 saturated carbocycles. The first-order valence-electron chi connectivity index (χ1n) is 8.49. The number of benzene rings is 1. The molecule has 3 heteroatoms. The highest BCUT2D eigenvalue weighted by atomic mass is 16.6. The van der Waals surface area contributed by atoms with Gasteiger partial charge in [-0.3, -0.25) is 0 Å². The van der Waals surface area contributed by atoms with Gasteiger partial charge < -0.3 is 9.64 Å². The van der Waals surface area contributed by atoms with Gasteiger partial charge in [0.2, 0.25) is 0 Å². The van der Waals surface area contributed by atoms with Gasteiger partial charge in [0.25, 0.3) is 0 Å². The molecule has 1 fully saturated rings. The van der Waals surface area contributed by atoms with Crippen LogP contribution in [0, 0.1) is 0 Å². The highest BCUT2D eigenvalue weighted by Crippen LogP contribution is 2.24. The molecule has 1 atom stereocenters. The molecule has 1 aliphatic heterocycles. The minimum Gasteiger partial charge on any atom is -0.444 e. The highest BCUT2D eigenvalue weighted by molar-refractivity contribution is 5.68. The number of hydrogen-bond donors (Lipinski definition) is 0. The van der Waals surface area contributed by atoms with Gasteiger partial charge in [-0.15, -0.1) is 0 Å². The smallest absolute Gasteiger partial charge is 0.410 e. The average Bonchev–Trinajstić information content (AvgIpc) is 2.91. The summed E-state index contributed by atoms with van der Waals surface area (Å²) in [6.07, 6.45) is 6.64. The lowest BCUT2D eigenvalue weighted by atomic mass is 10.0. The Morgan fingerprint density at radius 3 is 2.64 bits per heavy atom. The van der Waals surface area contributed by atoms with Gasteiger partial charge in [-0.2, -0.15) is 0 Å². The summed E-state index contributed by atoms with van der Waals surface area (Å²) in [6.45, 7) is 6.62. The minimum absolute atomic E-state index is 0.141. The van der Waals surface area contributed by atoms with Crippen LogP contribution in [0.15, 0.2) is 30.3 Å². The van der Waals surface area contributed by atoms with Crippen LogP contribution < -0.4 is 0 Å². The second kappa shape index (κ2) is 7.66.